The molecule has 2 atom stereocenters. The Balaban J connectivity index is 1.65. The van der Waals surface area contributed by atoms with Gasteiger partial charge in [0.2, 0.25) is 5.91 Å². The number of rotatable bonds is 5. The Morgan fingerprint density at radius 2 is 2.18 bits per heavy atom. The summed E-state index contributed by atoms with van der Waals surface area (Å²) >= 11 is 1.71. The third-order valence-corrected chi connectivity index (χ3v) is 4.95. The monoisotopic (exact) mass is 316 g/mol. The number of carbonyl (C=O) groups is 1. The van der Waals surface area contributed by atoms with E-state index in [4.69, 9.17) is 4.74 Å². The quantitative estimate of drug-likeness (QED) is 0.922. The molecule has 22 heavy (non-hydrogen) atoms. The van der Waals surface area contributed by atoms with Crippen molar-refractivity contribution in [2.75, 3.05) is 27.2 Å². The molecule has 0 saturated heterocycles. The van der Waals surface area contributed by atoms with Gasteiger partial charge in [0.05, 0.1) is 6.04 Å². The van der Waals surface area contributed by atoms with Crippen LogP contribution in [0.15, 0.2) is 41.8 Å². The molecule has 3 rings (SSSR count). The first-order valence-electron chi connectivity index (χ1n) is 7.36. The van der Waals surface area contributed by atoms with Crippen LogP contribution in [0.3, 0.4) is 0 Å². The molecule has 0 bridgehead atoms. The van der Waals surface area contributed by atoms with E-state index in [1.165, 1.54) is 4.88 Å². The SMILES string of the molecule is CN(C)[C@H](CNC(=O)[C@H]1COc2ccccc21)c1cccs1. The van der Waals surface area contributed by atoms with Crippen molar-refractivity contribution in [3.05, 3.63) is 52.2 Å². The second-order valence-corrected chi connectivity index (χ2v) is 6.62. The highest BCUT2D eigenvalue weighted by atomic mass is 32.1. The van der Waals surface area contributed by atoms with Crippen molar-refractivity contribution in [1.29, 1.82) is 0 Å². The number of thiophene rings is 1. The van der Waals surface area contributed by atoms with E-state index in [-0.39, 0.29) is 17.9 Å². The van der Waals surface area contributed by atoms with Crippen LogP contribution in [0.5, 0.6) is 5.75 Å². The minimum atomic E-state index is -0.206. The predicted octanol–water partition coefficient (Wildman–Crippen LogP) is 2.64. The molecule has 116 valence electrons. The summed E-state index contributed by atoms with van der Waals surface area (Å²) in [7, 11) is 4.06. The Hall–Kier alpha value is -1.85. The Labute approximate surface area is 134 Å². The highest BCUT2D eigenvalue weighted by molar-refractivity contribution is 7.10. The van der Waals surface area contributed by atoms with Crippen molar-refractivity contribution < 1.29 is 9.53 Å². The first-order valence-corrected chi connectivity index (χ1v) is 8.24. The van der Waals surface area contributed by atoms with Crippen LogP contribution in [0.1, 0.15) is 22.4 Å². The van der Waals surface area contributed by atoms with Crippen LogP contribution in [0.4, 0.5) is 0 Å². The first kappa shape index (κ1) is 15.1. The summed E-state index contributed by atoms with van der Waals surface area (Å²) in [6.07, 6.45) is 0. The van der Waals surface area contributed by atoms with Crippen molar-refractivity contribution in [2.24, 2.45) is 0 Å². The predicted molar refractivity (Wildman–Crippen MR) is 88.4 cm³/mol. The molecule has 2 aromatic rings. The summed E-state index contributed by atoms with van der Waals surface area (Å²) in [5, 5.41) is 5.15. The second-order valence-electron chi connectivity index (χ2n) is 5.64. The molecule has 1 aliphatic rings. The molecule has 1 aliphatic heterocycles. The summed E-state index contributed by atoms with van der Waals surface area (Å²) in [5.74, 6) is 0.653. The molecule has 1 aromatic carbocycles. The van der Waals surface area contributed by atoms with Crippen LogP contribution in [0.2, 0.25) is 0 Å². The zero-order valence-corrected chi connectivity index (χ0v) is 13.6. The number of nitrogens with zero attached hydrogens (tertiary/aromatic N) is 1. The lowest BCUT2D eigenvalue weighted by molar-refractivity contribution is -0.122. The average Bonchev–Trinajstić information content (AvgIpc) is 3.16. The molecule has 1 N–H and O–H groups in total. The van der Waals surface area contributed by atoms with E-state index in [1.807, 2.05) is 44.4 Å². The third-order valence-electron chi connectivity index (χ3n) is 3.98. The fourth-order valence-electron chi connectivity index (χ4n) is 2.72. The zero-order chi connectivity index (χ0) is 15.5. The molecular weight excluding hydrogens is 296 g/mol. The fraction of sp³-hybridized carbons (Fsp3) is 0.353. The van der Waals surface area contributed by atoms with E-state index in [0.29, 0.717) is 13.2 Å². The topological polar surface area (TPSA) is 41.6 Å². The normalized spacial score (nSPS) is 17.9. The van der Waals surface area contributed by atoms with Crippen LogP contribution >= 0.6 is 11.3 Å². The number of likely N-dealkylation sites (N-methyl/N-ethyl adjacent to an activating group) is 1. The van der Waals surface area contributed by atoms with Gasteiger partial charge in [-0.3, -0.25) is 4.79 Å². The molecule has 0 spiro atoms. The van der Waals surface area contributed by atoms with Gasteiger partial charge in [-0.05, 0) is 31.6 Å². The lowest BCUT2D eigenvalue weighted by atomic mass is 10.0. The molecule has 5 heteroatoms. The number of benzene rings is 1. The summed E-state index contributed by atoms with van der Waals surface area (Å²) < 4.78 is 5.59. The van der Waals surface area contributed by atoms with E-state index >= 15 is 0 Å². The van der Waals surface area contributed by atoms with E-state index in [0.717, 1.165) is 11.3 Å². The number of hydrogen-bond acceptors (Lipinski definition) is 4. The molecule has 0 radical (unpaired) electrons. The second kappa shape index (κ2) is 6.50. The van der Waals surface area contributed by atoms with Gasteiger partial charge in [0, 0.05) is 17.0 Å². The molecule has 2 heterocycles. The maximum Gasteiger partial charge on any atom is 0.231 e. The molecule has 0 fully saturated rings. The average molecular weight is 316 g/mol. The minimum Gasteiger partial charge on any atom is -0.492 e. The molecule has 0 unspecified atom stereocenters. The molecule has 4 nitrogen and oxygen atoms in total. The Bertz CT molecular complexity index is 640. The highest BCUT2D eigenvalue weighted by Gasteiger charge is 2.30. The van der Waals surface area contributed by atoms with Crippen LogP contribution in [0.25, 0.3) is 0 Å². The smallest absolute Gasteiger partial charge is 0.231 e. The van der Waals surface area contributed by atoms with Gasteiger partial charge in [-0.15, -0.1) is 11.3 Å². The number of amides is 1. The van der Waals surface area contributed by atoms with Crippen molar-refractivity contribution >= 4 is 17.2 Å². The molecule has 1 amide bonds. The van der Waals surface area contributed by atoms with Crippen LogP contribution in [-0.4, -0.2) is 38.1 Å². The maximum atomic E-state index is 12.5. The standard InChI is InChI=1S/C17H20N2O2S/c1-19(2)14(16-8-5-9-22-16)10-18-17(20)13-11-21-15-7-4-3-6-12(13)15/h3-9,13-14H,10-11H2,1-2H3,(H,18,20)/t13-,14+/m0/s1. The summed E-state index contributed by atoms with van der Waals surface area (Å²) in [5.41, 5.74) is 0.984. The van der Waals surface area contributed by atoms with E-state index < -0.39 is 0 Å². The Morgan fingerprint density at radius 3 is 2.91 bits per heavy atom. The van der Waals surface area contributed by atoms with Crippen LogP contribution < -0.4 is 10.1 Å². The summed E-state index contributed by atoms with van der Waals surface area (Å²) in [6.45, 7) is 1.03. The number of ether oxygens (including phenoxy) is 1. The number of hydrogen-bond donors (Lipinski definition) is 1. The van der Waals surface area contributed by atoms with Crippen LogP contribution in [0, 0.1) is 0 Å². The molecule has 0 aliphatic carbocycles. The van der Waals surface area contributed by atoms with Gasteiger partial charge in [-0.25, -0.2) is 0 Å². The number of carbonyl (C=O) groups excluding carboxylic acids is 1. The van der Waals surface area contributed by atoms with Gasteiger partial charge >= 0.3 is 0 Å². The Kier molecular flexibility index (Phi) is 4.45. The Morgan fingerprint density at radius 1 is 1.36 bits per heavy atom. The largest absolute Gasteiger partial charge is 0.492 e. The molecule has 0 saturated carbocycles. The first-order chi connectivity index (χ1) is 10.7. The van der Waals surface area contributed by atoms with Crippen LogP contribution in [-0.2, 0) is 4.79 Å². The van der Waals surface area contributed by atoms with Crippen molar-refractivity contribution in [3.8, 4) is 5.75 Å². The number of para-hydroxylation sites is 1. The van der Waals surface area contributed by atoms with Gasteiger partial charge in [0.25, 0.3) is 0 Å². The fourth-order valence-corrected chi connectivity index (χ4v) is 3.64. The zero-order valence-electron chi connectivity index (χ0n) is 12.8. The summed E-state index contributed by atoms with van der Waals surface area (Å²) in [4.78, 5) is 15.9. The van der Waals surface area contributed by atoms with Crippen molar-refractivity contribution in [3.63, 3.8) is 0 Å². The van der Waals surface area contributed by atoms with Crippen molar-refractivity contribution in [1.82, 2.24) is 10.2 Å². The van der Waals surface area contributed by atoms with Gasteiger partial charge in [-0.2, -0.15) is 0 Å². The lowest BCUT2D eigenvalue weighted by Gasteiger charge is -2.24. The van der Waals surface area contributed by atoms with Gasteiger partial charge < -0.3 is 15.0 Å². The number of nitrogens with one attached hydrogen (secondary N) is 1. The van der Waals surface area contributed by atoms with Crippen molar-refractivity contribution in [2.45, 2.75) is 12.0 Å². The van der Waals surface area contributed by atoms with E-state index in [9.17, 15) is 4.79 Å². The van der Waals surface area contributed by atoms with Gasteiger partial charge in [-0.1, -0.05) is 24.3 Å². The van der Waals surface area contributed by atoms with E-state index in [2.05, 4.69) is 21.7 Å². The summed E-state index contributed by atoms with van der Waals surface area (Å²) in [6, 6.07) is 12.1. The number of fused-ring (bicyclic) bond motifs is 1. The van der Waals surface area contributed by atoms with E-state index in [1.54, 1.807) is 11.3 Å². The highest BCUT2D eigenvalue weighted by Crippen LogP contribution is 2.33. The maximum absolute atomic E-state index is 12.5. The third kappa shape index (κ3) is 3.00. The minimum absolute atomic E-state index is 0.0355. The van der Waals surface area contributed by atoms with Gasteiger partial charge in [0.1, 0.15) is 18.3 Å². The van der Waals surface area contributed by atoms with Gasteiger partial charge in [0.15, 0.2) is 0 Å². The molecular formula is C17H20N2O2S. The molecule has 1 aromatic heterocycles. The lowest BCUT2D eigenvalue weighted by Crippen LogP contribution is -2.37.